The topological polar surface area (TPSA) is 30.7 Å². The Kier molecular flexibility index (Phi) is 4.32. The molecule has 0 saturated heterocycles. The van der Waals surface area contributed by atoms with E-state index >= 15 is 0 Å². The van der Waals surface area contributed by atoms with E-state index in [1.807, 2.05) is 31.2 Å². The number of hydrogen-bond acceptors (Lipinski definition) is 2. The fourth-order valence-corrected chi connectivity index (χ4v) is 2.56. The molecule has 0 radical (unpaired) electrons. The molecule has 7 heteroatoms. The molecule has 0 unspecified atom stereocenters. The number of nitrogens with zero attached hydrogens (tertiary/aromatic N) is 3. The van der Waals surface area contributed by atoms with E-state index in [4.69, 9.17) is 11.6 Å². The molecule has 3 aromatic rings. The van der Waals surface area contributed by atoms with Crippen LogP contribution in [0.15, 0.2) is 48.5 Å². The molecule has 0 spiro atoms. The maximum atomic E-state index is 12.7. The molecule has 0 amide bonds. The van der Waals surface area contributed by atoms with Crippen LogP contribution in [0, 0.1) is 6.92 Å². The second-order valence-corrected chi connectivity index (χ2v) is 5.61. The summed E-state index contributed by atoms with van der Waals surface area (Å²) >= 11 is 5.93. The number of alkyl halides is 4. The minimum Gasteiger partial charge on any atom is -0.213 e. The molecule has 1 heterocycles. The van der Waals surface area contributed by atoms with Crippen molar-refractivity contribution in [2.24, 2.45) is 0 Å². The van der Waals surface area contributed by atoms with Crippen LogP contribution in [-0.4, -0.2) is 15.0 Å². The van der Waals surface area contributed by atoms with E-state index in [-0.39, 0.29) is 5.88 Å². The van der Waals surface area contributed by atoms with Crippen LogP contribution in [0.3, 0.4) is 0 Å². The van der Waals surface area contributed by atoms with Gasteiger partial charge >= 0.3 is 6.18 Å². The summed E-state index contributed by atoms with van der Waals surface area (Å²) in [7, 11) is 0. The summed E-state index contributed by atoms with van der Waals surface area (Å²) in [4.78, 5) is 0. The number of halogens is 4. The summed E-state index contributed by atoms with van der Waals surface area (Å²) in [6, 6.07) is 12.5. The molecule has 2 aromatic carbocycles. The second-order valence-electron chi connectivity index (χ2n) is 5.34. The van der Waals surface area contributed by atoms with Gasteiger partial charge in [-0.05, 0) is 31.2 Å². The third-order valence-electron chi connectivity index (χ3n) is 3.63. The van der Waals surface area contributed by atoms with Crippen LogP contribution < -0.4 is 0 Å². The third kappa shape index (κ3) is 3.14. The minimum absolute atomic E-state index is 0.157. The normalized spacial score (nSPS) is 11.7. The zero-order valence-corrected chi connectivity index (χ0v) is 13.4. The standard InChI is InChI=1S/C17H13ClF3N3/c1-11-2-4-12(5-3-11)16-15(10-18)22-23-24(16)14-8-6-13(7-9-14)17(19,20)21/h2-9H,10H2,1H3. The average molecular weight is 352 g/mol. The van der Waals surface area contributed by atoms with E-state index in [0.717, 1.165) is 23.3 Å². The Labute approximate surface area is 141 Å². The summed E-state index contributed by atoms with van der Waals surface area (Å²) in [6.45, 7) is 1.97. The first-order valence-electron chi connectivity index (χ1n) is 7.15. The van der Waals surface area contributed by atoms with E-state index in [0.29, 0.717) is 17.1 Å². The first kappa shape index (κ1) is 16.5. The van der Waals surface area contributed by atoms with Crippen LogP contribution in [0.5, 0.6) is 0 Å². The van der Waals surface area contributed by atoms with Crippen LogP contribution >= 0.6 is 11.6 Å². The number of aryl methyl sites for hydroxylation is 1. The zero-order valence-electron chi connectivity index (χ0n) is 12.7. The molecule has 0 aliphatic carbocycles. The van der Waals surface area contributed by atoms with Crippen LogP contribution in [0.1, 0.15) is 16.8 Å². The van der Waals surface area contributed by atoms with Crippen molar-refractivity contribution in [3.63, 3.8) is 0 Å². The van der Waals surface area contributed by atoms with Gasteiger partial charge in [0, 0.05) is 5.56 Å². The molecule has 1 aromatic heterocycles. The van der Waals surface area contributed by atoms with E-state index in [1.54, 1.807) is 0 Å². The van der Waals surface area contributed by atoms with Crippen molar-refractivity contribution >= 4 is 11.6 Å². The lowest BCUT2D eigenvalue weighted by Crippen LogP contribution is -2.06. The predicted molar refractivity (Wildman–Crippen MR) is 86.1 cm³/mol. The largest absolute Gasteiger partial charge is 0.416 e. The Morgan fingerprint density at radius 3 is 2.17 bits per heavy atom. The van der Waals surface area contributed by atoms with Crippen molar-refractivity contribution in [1.82, 2.24) is 15.0 Å². The fourth-order valence-electron chi connectivity index (χ4n) is 2.38. The van der Waals surface area contributed by atoms with Gasteiger partial charge in [0.25, 0.3) is 0 Å². The monoisotopic (exact) mass is 351 g/mol. The van der Waals surface area contributed by atoms with Gasteiger partial charge in [-0.15, -0.1) is 16.7 Å². The first-order valence-corrected chi connectivity index (χ1v) is 7.69. The van der Waals surface area contributed by atoms with Gasteiger partial charge in [-0.2, -0.15) is 13.2 Å². The van der Waals surface area contributed by atoms with Crippen molar-refractivity contribution < 1.29 is 13.2 Å². The van der Waals surface area contributed by atoms with Gasteiger partial charge in [-0.1, -0.05) is 35.0 Å². The van der Waals surface area contributed by atoms with Crippen molar-refractivity contribution in [2.75, 3.05) is 0 Å². The average Bonchev–Trinajstić information content (AvgIpc) is 2.99. The molecule has 0 atom stereocenters. The molecule has 0 aliphatic rings. The van der Waals surface area contributed by atoms with Gasteiger partial charge in [0.15, 0.2) is 0 Å². The molecule has 3 nitrogen and oxygen atoms in total. The van der Waals surface area contributed by atoms with Crippen LogP contribution in [0.25, 0.3) is 16.9 Å². The third-order valence-corrected chi connectivity index (χ3v) is 3.88. The fraction of sp³-hybridized carbons (Fsp3) is 0.176. The van der Waals surface area contributed by atoms with Crippen molar-refractivity contribution in [1.29, 1.82) is 0 Å². The molecule has 3 rings (SSSR count). The molecule has 124 valence electrons. The van der Waals surface area contributed by atoms with Crippen LogP contribution in [0.4, 0.5) is 13.2 Å². The highest BCUT2D eigenvalue weighted by atomic mass is 35.5. The molecule has 0 fully saturated rings. The maximum absolute atomic E-state index is 12.7. The molecule has 0 saturated carbocycles. The Bertz CT molecular complexity index is 837. The van der Waals surface area contributed by atoms with Crippen molar-refractivity contribution in [3.05, 3.63) is 65.4 Å². The predicted octanol–water partition coefficient (Wildman–Crippen LogP) is 5.00. The maximum Gasteiger partial charge on any atom is 0.416 e. The van der Waals surface area contributed by atoms with Crippen LogP contribution in [0.2, 0.25) is 0 Å². The highest BCUT2D eigenvalue weighted by Crippen LogP contribution is 2.31. The molecule has 0 aliphatic heterocycles. The van der Waals surface area contributed by atoms with E-state index < -0.39 is 11.7 Å². The van der Waals surface area contributed by atoms with Gasteiger partial charge < -0.3 is 0 Å². The Balaban J connectivity index is 2.09. The van der Waals surface area contributed by atoms with Gasteiger partial charge in [-0.3, -0.25) is 0 Å². The first-order chi connectivity index (χ1) is 11.4. The van der Waals surface area contributed by atoms with Gasteiger partial charge in [0.2, 0.25) is 0 Å². The quantitative estimate of drug-likeness (QED) is 0.622. The number of rotatable bonds is 3. The molecular formula is C17H13ClF3N3. The summed E-state index contributed by atoms with van der Waals surface area (Å²) in [6.07, 6.45) is -4.37. The summed E-state index contributed by atoms with van der Waals surface area (Å²) < 4.78 is 39.6. The molecular weight excluding hydrogens is 339 g/mol. The minimum atomic E-state index is -4.37. The second kappa shape index (κ2) is 6.28. The van der Waals surface area contributed by atoms with Crippen molar-refractivity contribution in [3.8, 4) is 16.9 Å². The molecule has 0 bridgehead atoms. The Morgan fingerprint density at radius 2 is 1.62 bits per heavy atom. The van der Waals surface area contributed by atoms with Gasteiger partial charge in [0.1, 0.15) is 5.69 Å². The summed E-state index contributed by atoms with van der Waals surface area (Å²) in [5.41, 5.74) is 2.97. The number of aromatic nitrogens is 3. The van der Waals surface area contributed by atoms with Crippen molar-refractivity contribution in [2.45, 2.75) is 19.0 Å². The van der Waals surface area contributed by atoms with Crippen LogP contribution in [-0.2, 0) is 12.1 Å². The lowest BCUT2D eigenvalue weighted by atomic mass is 10.1. The zero-order chi connectivity index (χ0) is 17.3. The van der Waals surface area contributed by atoms with Gasteiger partial charge in [-0.25, -0.2) is 4.68 Å². The Hall–Kier alpha value is -2.34. The number of hydrogen-bond donors (Lipinski definition) is 0. The number of benzene rings is 2. The summed E-state index contributed by atoms with van der Waals surface area (Å²) in [5.74, 6) is 0.157. The van der Waals surface area contributed by atoms with E-state index in [9.17, 15) is 13.2 Å². The highest BCUT2D eigenvalue weighted by Gasteiger charge is 2.30. The lowest BCUT2D eigenvalue weighted by Gasteiger charge is -2.10. The highest BCUT2D eigenvalue weighted by molar-refractivity contribution is 6.17. The molecule has 24 heavy (non-hydrogen) atoms. The lowest BCUT2D eigenvalue weighted by molar-refractivity contribution is -0.137. The van der Waals surface area contributed by atoms with E-state index in [1.165, 1.54) is 16.8 Å². The summed E-state index contributed by atoms with van der Waals surface area (Å²) in [5, 5.41) is 8.09. The molecule has 0 N–H and O–H groups in total. The smallest absolute Gasteiger partial charge is 0.213 e. The Morgan fingerprint density at radius 1 is 1.00 bits per heavy atom. The SMILES string of the molecule is Cc1ccc(-c2c(CCl)nnn2-c2ccc(C(F)(F)F)cc2)cc1. The van der Waals surface area contributed by atoms with Gasteiger partial charge in [0.05, 0.1) is 22.8 Å². The van der Waals surface area contributed by atoms with E-state index in [2.05, 4.69) is 10.3 Å².